The zero-order valence-electron chi connectivity index (χ0n) is 11.1. The van der Waals surface area contributed by atoms with Crippen molar-refractivity contribution in [2.75, 3.05) is 20.8 Å². The summed E-state index contributed by atoms with van der Waals surface area (Å²) in [6.07, 6.45) is 2.49. The van der Waals surface area contributed by atoms with Gasteiger partial charge < -0.3 is 14.8 Å². The van der Waals surface area contributed by atoms with Gasteiger partial charge in [0.1, 0.15) is 11.5 Å². The molecule has 1 unspecified atom stereocenters. The number of halogens is 1. The van der Waals surface area contributed by atoms with Crippen molar-refractivity contribution in [3.63, 3.8) is 0 Å². The molecule has 4 nitrogen and oxygen atoms in total. The van der Waals surface area contributed by atoms with E-state index >= 15 is 0 Å². The topological polar surface area (TPSA) is 47.6 Å². The summed E-state index contributed by atoms with van der Waals surface area (Å²) in [5, 5.41) is 2.92. The molecule has 104 valence electrons. The number of hydrogen-bond acceptors (Lipinski definition) is 3. The van der Waals surface area contributed by atoms with Crippen molar-refractivity contribution in [2.24, 2.45) is 5.92 Å². The number of amides is 1. The maximum absolute atomic E-state index is 12.2. The van der Waals surface area contributed by atoms with Crippen LogP contribution in [0.1, 0.15) is 23.2 Å². The molecular formula is C14H18BrNO3. The second kappa shape index (κ2) is 6.28. The van der Waals surface area contributed by atoms with Gasteiger partial charge in [-0.05, 0) is 37.0 Å². The van der Waals surface area contributed by atoms with Crippen LogP contribution in [-0.2, 0) is 0 Å². The number of carbonyl (C=O) groups excluding carboxylic acids is 1. The third-order valence-corrected chi connectivity index (χ3v) is 4.31. The highest BCUT2D eigenvalue weighted by Crippen LogP contribution is 2.36. The third-order valence-electron chi connectivity index (χ3n) is 3.24. The Hall–Kier alpha value is -1.23. The van der Waals surface area contributed by atoms with Crippen molar-refractivity contribution in [2.45, 2.75) is 17.7 Å². The van der Waals surface area contributed by atoms with Crippen LogP contribution >= 0.6 is 15.9 Å². The molecule has 1 saturated carbocycles. The molecule has 1 aromatic carbocycles. The summed E-state index contributed by atoms with van der Waals surface area (Å²) in [4.78, 5) is 12.5. The highest BCUT2D eigenvalue weighted by Gasteiger charge is 2.29. The van der Waals surface area contributed by atoms with Crippen LogP contribution in [-0.4, -0.2) is 31.5 Å². The fourth-order valence-electron chi connectivity index (χ4n) is 1.90. The Kier molecular flexibility index (Phi) is 4.69. The molecule has 1 fully saturated rings. The zero-order chi connectivity index (χ0) is 13.8. The number of carbonyl (C=O) groups is 1. The van der Waals surface area contributed by atoms with Crippen LogP contribution in [0, 0.1) is 5.92 Å². The Morgan fingerprint density at radius 2 is 2.16 bits per heavy atom. The molecular weight excluding hydrogens is 310 g/mol. The third kappa shape index (κ3) is 3.62. The Labute approximate surface area is 121 Å². The van der Waals surface area contributed by atoms with E-state index in [4.69, 9.17) is 9.47 Å². The Bertz CT molecular complexity index is 460. The zero-order valence-corrected chi connectivity index (χ0v) is 12.7. The van der Waals surface area contributed by atoms with Crippen molar-refractivity contribution >= 4 is 21.8 Å². The van der Waals surface area contributed by atoms with Crippen molar-refractivity contribution < 1.29 is 14.3 Å². The monoisotopic (exact) mass is 327 g/mol. The first-order valence-electron chi connectivity index (χ1n) is 6.30. The average Bonchev–Trinajstić information content (AvgIpc) is 3.28. The number of ether oxygens (including phenoxy) is 2. The van der Waals surface area contributed by atoms with Gasteiger partial charge in [0.05, 0.1) is 19.8 Å². The van der Waals surface area contributed by atoms with Crippen molar-refractivity contribution in [3.8, 4) is 11.5 Å². The molecule has 0 radical (unpaired) electrons. The van der Waals surface area contributed by atoms with Gasteiger partial charge in [-0.3, -0.25) is 4.79 Å². The van der Waals surface area contributed by atoms with Crippen molar-refractivity contribution in [1.29, 1.82) is 0 Å². The molecule has 2 rings (SSSR count). The summed E-state index contributed by atoms with van der Waals surface area (Å²) < 4.78 is 10.3. The molecule has 0 aromatic heterocycles. The lowest BCUT2D eigenvalue weighted by Gasteiger charge is -2.13. The van der Waals surface area contributed by atoms with E-state index in [-0.39, 0.29) is 5.91 Å². The molecule has 1 aliphatic carbocycles. The first kappa shape index (κ1) is 14.2. The highest BCUT2D eigenvalue weighted by molar-refractivity contribution is 9.09. The molecule has 5 heteroatoms. The molecule has 0 saturated heterocycles. The van der Waals surface area contributed by atoms with E-state index in [0.717, 1.165) is 0 Å². The fraction of sp³-hybridized carbons (Fsp3) is 0.500. The van der Waals surface area contributed by atoms with Gasteiger partial charge in [0.15, 0.2) is 0 Å². The van der Waals surface area contributed by atoms with Crippen LogP contribution in [0.3, 0.4) is 0 Å². The summed E-state index contributed by atoms with van der Waals surface area (Å²) in [5.74, 6) is 1.76. The van der Waals surface area contributed by atoms with Crippen LogP contribution < -0.4 is 14.8 Å². The predicted molar refractivity (Wildman–Crippen MR) is 77.3 cm³/mol. The summed E-state index contributed by atoms with van der Waals surface area (Å²) in [6, 6.07) is 5.20. The van der Waals surface area contributed by atoms with Gasteiger partial charge >= 0.3 is 0 Å². The Balaban J connectivity index is 2.03. The van der Waals surface area contributed by atoms with Crippen LogP contribution in [0.25, 0.3) is 0 Å². The van der Waals surface area contributed by atoms with Gasteiger partial charge in [-0.2, -0.15) is 0 Å². The van der Waals surface area contributed by atoms with E-state index in [1.54, 1.807) is 32.4 Å². The van der Waals surface area contributed by atoms with Crippen LogP contribution in [0.4, 0.5) is 0 Å². The van der Waals surface area contributed by atoms with Gasteiger partial charge in [-0.15, -0.1) is 0 Å². The number of rotatable bonds is 6. The fourth-order valence-corrected chi connectivity index (χ4v) is 2.59. The Morgan fingerprint density at radius 1 is 1.42 bits per heavy atom. The van der Waals surface area contributed by atoms with Crippen LogP contribution in [0.2, 0.25) is 0 Å². The number of benzene rings is 1. The summed E-state index contributed by atoms with van der Waals surface area (Å²) in [5.41, 5.74) is 0.498. The molecule has 0 aliphatic heterocycles. The summed E-state index contributed by atoms with van der Waals surface area (Å²) >= 11 is 3.60. The minimum atomic E-state index is -0.138. The molecule has 1 amide bonds. The minimum Gasteiger partial charge on any atom is -0.497 e. The SMILES string of the molecule is COc1ccc(OC)c(C(=O)NCC(Br)C2CC2)c1. The van der Waals surface area contributed by atoms with E-state index < -0.39 is 0 Å². The standard InChI is InChI=1S/C14H18BrNO3/c1-18-10-5-6-13(19-2)11(7-10)14(17)16-8-12(15)9-3-4-9/h5-7,9,12H,3-4,8H2,1-2H3,(H,16,17). The molecule has 0 bridgehead atoms. The lowest BCUT2D eigenvalue weighted by molar-refractivity contribution is 0.0950. The van der Waals surface area contributed by atoms with E-state index in [0.29, 0.717) is 34.4 Å². The lowest BCUT2D eigenvalue weighted by Crippen LogP contribution is -2.30. The van der Waals surface area contributed by atoms with Gasteiger partial charge in [0.25, 0.3) is 5.91 Å². The molecule has 19 heavy (non-hydrogen) atoms. The largest absolute Gasteiger partial charge is 0.497 e. The quantitative estimate of drug-likeness (QED) is 0.817. The smallest absolute Gasteiger partial charge is 0.255 e. The first-order chi connectivity index (χ1) is 9.15. The molecule has 0 spiro atoms. The van der Waals surface area contributed by atoms with E-state index in [1.165, 1.54) is 12.8 Å². The van der Waals surface area contributed by atoms with Gasteiger partial charge in [0, 0.05) is 11.4 Å². The second-order valence-electron chi connectivity index (χ2n) is 4.63. The minimum absolute atomic E-state index is 0.138. The van der Waals surface area contributed by atoms with Gasteiger partial charge in [-0.25, -0.2) is 0 Å². The van der Waals surface area contributed by atoms with Gasteiger partial charge in [0.2, 0.25) is 0 Å². The number of alkyl halides is 1. The Morgan fingerprint density at radius 3 is 2.74 bits per heavy atom. The number of hydrogen-bond donors (Lipinski definition) is 1. The number of nitrogens with one attached hydrogen (secondary N) is 1. The van der Waals surface area contributed by atoms with E-state index in [2.05, 4.69) is 21.2 Å². The van der Waals surface area contributed by atoms with Gasteiger partial charge in [-0.1, -0.05) is 15.9 Å². The maximum Gasteiger partial charge on any atom is 0.255 e. The molecule has 1 atom stereocenters. The van der Waals surface area contributed by atoms with Crippen molar-refractivity contribution in [3.05, 3.63) is 23.8 Å². The first-order valence-corrected chi connectivity index (χ1v) is 7.21. The summed E-state index contributed by atoms with van der Waals surface area (Å²) in [6.45, 7) is 0.629. The normalized spacial score (nSPS) is 15.7. The van der Waals surface area contributed by atoms with E-state index in [9.17, 15) is 4.79 Å². The van der Waals surface area contributed by atoms with Crippen LogP contribution in [0.15, 0.2) is 18.2 Å². The predicted octanol–water partition coefficient (Wildman–Crippen LogP) is 2.61. The molecule has 1 aliphatic rings. The average molecular weight is 328 g/mol. The molecule has 0 heterocycles. The summed E-state index contributed by atoms with van der Waals surface area (Å²) in [7, 11) is 3.13. The van der Waals surface area contributed by atoms with Crippen molar-refractivity contribution in [1.82, 2.24) is 5.32 Å². The van der Waals surface area contributed by atoms with E-state index in [1.807, 2.05) is 0 Å². The second-order valence-corrected chi connectivity index (χ2v) is 5.81. The molecule has 1 N–H and O–H groups in total. The number of methoxy groups -OCH3 is 2. The lowest BCUT2D eigenvalue weighted by atomic mass is 10.1. The highest BCUT2D eigenvalue weighted by atomic mass is 79.9. The van der Waals surface area contributed by atoms with Crippen LogP contribution in [0.5, 0.6) is 11.5 Å². The molecule has 1 aromatic rings. The maximum atomic E-state index is 12.2.